The highest BCUT2D eigenvalue weighted by atomic mass is 16.3. The van der Waals surface area contributed by atoms with Gasteiger partial charge in [-0.2, -0.15) is 0 Å². The van der Waals surface area contributed by atoms with Crippen LogP contribution in [-0.4, -0.2) is 6.54 Å². The van der Waals surface area contributed by atoms with Gasteiger partial charge in [0, 0.05) is 0 Å². The van der Waals surface area contributed by atoms with Crippen LogP contribution in [0.15, 0.2) is 34.9 Å². The summed E-state index contributed by atoms with van der Waals surface area (Å²) in [6, 6.07) is 8.73. The molecule has 2 rings (SSSR count). The Balaban J connectivity index is 2.48. The zero-order valence-electron chi connectivity index (χ0n) is 11.6. The van der Waals surface area contributed by atoms with Crippen molar-refractivity contribution in [2.45, 2.75) is 33.7 Å². The molecule has 0 radical (unpaired) electrons. The minimum atomic E-state index is 0.143. The summed E-state index contributed by atoms with van der Waals surface area (Å²) in [5.41, 5.74) is 5.07. The molecule has 1 N–H and O–H groups in total. The standard InChI is InChI=1S/C16H21NO/c1-5-17-15(16-13(4)8-9-18-16)14-10-11(2)6-7-12(14)3/h6-10,15,17H,5H2,1-4H3. The van der Waals surface area contributed by atoms with Crippen molar-refractivity contribution < 1.29 is 4.42 Å². The first-order valence-corrected chi connectivity index (χ1v) is 6.48. The molecule has 0 saturated heterocycles. The van der Waals surface area contributed by atoms with Crippen LogP contribution in [0.5, 0.6) is 0 Å². The van der Waals surface area contributed by atoms with Gasteiger partial charge in [-0.1, -0.05) is 30.7 Å². The molecular formula is C16H21NO. The van der Waals surface area contributed by atoms with E-state index in [1.807, 2.05) is 6.07 Å². The molecule has 2 heteroatoms. The van der Waals surface area contributed by atoms with E-state index in [0.717, 1.165) is 12.3 Å². The maximum Gasteiger partial charge on any atom is 0.128 e. The van der Waals surface area contributed by atoms with E-state index < -0.39 is 0 Å². The van der Waals surface area contributed by atoms with Crippen molar-refractivity contribution in [2.75, 3.05) is 6.54 Å². The van der Waals surface area contributed by atoms with E-state index in [1.165, 1.54) is 22.3 Å². The van der Waals surface area contributed by atoms with Crippen molar-refractivity contribution in [3.63, 3.8) is 0 Å². The third-order valence-electron chi connectivity index (χ3n) is 3.32. The number of benzene rings is 1. The molecular weight excluding hydrogens is 222 g/mol. The van der Waals surface area contributed by atoms with Crippen molar-refractivity contribution in [1.82, 2.24) is 5.32 Å². The summed E-state index contributed by atoms with van der Waals surface area (Å²) in [5.74, 6) is 1.02. The number of furan rings is 1. The fourth-order valence-corrected chi connectivity index (χ4v) is 2.30. The first-order chi connectivity index (χ1) is 8.63. The van der Waals surface area contributed by atoms with Crippen LogP contribution in [0.2, 0.25) is 0 Å². The molecule has 0 bridgehead atoms. The minimum absolute atomic E-state index is 0.143. The van der Waals surface area contributed by atoms with Crippen molar-refractivity contribution in [3.8, 4) is 0 Å². The van der Waals surface area contributed by atoms with Gasteiger partial charge in [0.05, 0.1) is 12.3 Å². The minimum Gasteiger partial charge on any atom is -0.467 e. The average Bonchev–Trinajstić information content (AvgIpc) is 2.76. The molecule has 0 aliphatic carbocycles. The number of hydrogen-bond donors (Lipinski definition) is 1. The van der Waals surface area contributed by atoms with Gasteiger partial charge in [-0.05, 0) is 50.1 Å². The van der Waals surface area contributed by atoms with Gasteiger partial charge in [-0.15, -0.1) is 0 Å². The van der Waals surface area contributed by atoms with Crippen LogP contribution in [0.4, 0.5) is 0 Å². The number of hydrogen-bond acceptors (Lipinski definition) is 2. The Morgan fingerprint density at radius 2 is 1.89 bits per heavy atom. The second kappa shape index (κ2) is 5.40. The molecule has 2 aromatic rings. The van der Waals surface area contributed by atoms with Crippen LogP contribution in [-0.2, 0) is 0 Å². The largest absolute Gasteiger partial charge is 0.467 e. The van der Waals surface area contributed by atoms with Gasteiger partial charge in [0.15, 0.2) is 0 Å². The predicted molar refractivity (Wildman–Crippen MR) is 74.9 cm³/mol. The summed E-state index contributed by atoms with van der Waals surface area (Å²) in [4.78, 5) is 0. The highest BCUT2D eigenvalue weighted by Gasteiger charge is 2.20. The van der Waals surface area contributed by atoms with Crippen molar-refractivity contribution >= 4 is 0 Å². The molecule has 1 heterocycles. The van der Waals surface area contributed by atoms with E-state index in [9.17, 15) is 0 Å². The third-order valence-corrected chi connectivity index (χ3v) is 3.32. The Morgan fingerprint density at radius 3 is 2.50 bits per heavy atom. The van der Waals surface area contributed by atoms with E-state index in [2.05, 4.69) is 51.2 Å². The second-order valence-corrected chi connectivity index (χ2v) is 4.82. The molecule has 18 heavy (non-hydrogen) atoms. The molecule has 2 nitrogen and oxygen atoms in total. The maximum absolute atomic E-state index is 5.67. The first-order valence-electron chi connectivity index (χ1n) is 6.48. The van der Waals surface area contributed by atoms with Crippen LogP contribution >= 0.6 is 0 Å². The molecule has 0 saturated carbocycles. The monoisotopic (exact) mass is 243 g/mol. The summed E-state index contributed by atoms with van der Waals surface area (Å²) in [6.45, 7) is 9.40. The van der Waals surface area contributed by atoms with Crippen molar-refractivity contribution in [1.29, 1.82) is 0 Å². The molecule has 1 unspecified atom stereocenters. The summed E-state index contributed by atoms with van der Waals surface area (Å²) in [5, 5.41) is 3.52. The van der Waals surface area contributed by atoms with E-state index in [0.29, 0.717) is 0 Å². The summed E-state index contributed by atoms with van der Waals surface area (Å²) < 4.78 is 5.67. The number of nitrogens with one attached hydrogen (secondary N) is 1. The molecule has 0 spiro atoms. The highest BCUT2D eigenvalue weighted by molar-refractivity contribution is 5.38. The smallest absolute Gasteiger partial charge is 0.128 e. The SMILES string of the molecule is CCNC(c1cc(C)ccc1C)c1occc1C. The lowest BCUT2D eigenvalue weighted by Crippen LogP contribution is -2.23. The molecule has 0 aliphatic rings. The van der Waals surface area contributed by atoms with Gasteiger partial charge in [-0.3, -0.25) is 0 Å². The number of aryl methyl sites for hydroxylation is 3. The predicted octanol–water partition coefficient (Wildman–Crippen LogP) is 3.90. The zero-order valence-corrected chi connectivity index (χ0v) is 11.6. The van der Waals surface area contributed by atoms with Gasteiger partial charge in [0.1, 0.15) is 5.76 Å². The van der Waals surface area contributed by atoms with E-state index >= 15 is 0 Å². The fourth-order valence-electron chi connectivity index (χ4n) is 2.30. The summed E-state index contributed by atoms with van der Waals surface area (Å²) in [7, 11) is 0. The van der Waals surface area contributed by atoms with Crippen LogP contribution in [0, 0.1) is 20.8 Å². The second-order valence-electron chi connectivity index (χ2n) is 4.82. The Labute approximate surface area is 109 Å². The topological polar surface area (TPSA) is 25.2 Å². The highest BCUT2D eigenvalue weighted by Crippen LogP contribution is 2.28. The fraction of sp³-hybridized carbons (Fsp3) is 0.375. The van der Waals surface area contributed by atoms with E-state index in [-0.39, 0.29) is 6.04 Å². The Morgan fingerprint density at radius 1 is 1.11 bits per heavy atom. The molecule has 0 aliphatic heterocycles. The summed E-state index contributed by atoms with van der Waals surface area (Å²) >= 11 is 0. The summed E-state index contributed by atoms with van der Waals surface area (Å²) in [6.07, 6.45) is 1.76. The molecule has 1 atom stereocenters. The Bertz CT molecular complexity index is 528. The quantitative estimate of drug-likeness (QED) is 0.881. The third kappa shape index (κ3) is 2.49. The molecule has 0 fully saturated rings. The lowest BCUT2D eigenvalue weighted by Gasteiger charge is -2.20. The lowest BCUT2D eigenvalue weighted by molar-refractivity contribution is 0.448. The molecule has 96 valence electrons. The molecule has 1 aromatic heterocycles. The Hall–Kier alpha value is -1.54. The van der Waals surface area contributed by atoms with Crippen molar-refractivity contribution in [3.05, 3.63) is 58.5 Å². The zero-order chi connectivity index (χ0) is 13.1. The normalized spacial score (nSPS) is 12.7. The van der Waals surface area contributed by atoms with Crippen LogP contribution in [0.25, 0.3) is 0 Å². The van der Waals surface area contributed by atoms with Crippen LogP contribution in [0.1, 0.15) is 41.0 Å². The lowest BCUT2D eigenvalue weighted by atomic mass is 9.96. The van der Waals surface area contributed by atoms with E-state index in [1.54, 1.807) is 6.26 Å². The first kappa shape index (κ1) is 12.9. The maximum atomic E-state index is 5.67. The van der Waals surface area contributed by atoms with Crippen LogP contribution < -0.4 is 5.32 Å². The van der Waals surface area contributed by atoms with Gasteiger partial charge < -0.3 is 9.73 Å². The van der Waals surface area contributed by atoms with Crippen molar-refractivity contribution in [2.24, 2.45) is 0 Å². The average molecular weight is 243 g/mol. The van der Waals surface area contributed by atoms with Gasteiger partial charge in [0.25, 0.3) is 0 Å². The Kier molecular flexibility index (Phi) is 3.87. The van der Waals surface area contributed by atoms with Crippen LogP contribution in [0.3, 0.4) is 0 Å². The molecule has 1 aromatic carbocycles. The number of rotatable bonds is 4. The van der Waals surface area contributed by atoms with Gasteiger partial charge >= 0.3 is 0 Å². The van der Waals surface area contributed by atoms with Gasteiger partial charge in [-0.25, -0.2) is 0 Å². The van der Waals surface area contributed by atoms with Gasteiger partial charge in [0.2, 0.25) is 0 Å². The molecule has 0 amide bonds. The van der Waals surface area contributed by atoms with E-state index in [4.69, 9.17) is 4.42 Å².